The van der Waals surface area contributed by atoms with E-state index in [1.165, 1.54) is 0 Å². The van der Waals surface area contributed by atoms with Crippen molar-refractivity contribution in [1.29, 1.82) is 0 Å². The smallest absolute Gasteiger partial charge is 0.0759 e. The van der Waals surface area contributed by atoms with Gasteiger partial charge in [0.25, 0.3) is 0 Å². The lowest BCUT2D eigenvalue weighted by Gasteiger charge is -2.18. The summed E-state index contributed by atoms with van der Waals surface area (Å²) in [6.07, 6.45) is 0. The molecule has 32 heavy (non-hydrogen) atoms. The molecule has 4 aromatic rings. The molecule has 0 unspecified atom stereocenters. The number of rotatable bonds is 6. The fourth-order valence-corrected chi connectivity index (χ4v) is 3.64. The van der Waals surface area contributed by atoms with E-state index in [2.05, 4.69) is 36.5 Å². The van der Waals surface area contributed by atoms with Crippen LogP contribution in [0.1, 0.15) is 18.1 Å². The lowest BCUT2D eigenvalue weighted by atomic mass is 9.98. The minimum absolute atomic E-state index is 0.687. The summed E-state index contributed by atoms with van der Waals surface area (Å²) >= 11 is 12.2. The van der Waals surface area contributed by atoms with Crippen molar-refractivity contribution in [3.63, 3.8) is 0 Å². The molecule has 2 nitrogen and oxygen atoms in total. The van der Waals surface area contributed by atoms with Crippen LogP contribution in [0.5, 0.6) is 0 Å². The van der Waals surface area contributed by atoms with Crippen LogP contribution in [-0.2, 0) is 0 Å². The van der Waals surface area contributed by atoms with E-state index in [1.807, 2.05) is 84.9 Å². The minimum atomic E-state index is 0.687. The van der Waals surface area contributed by atoms with Gasteiger partial charge < -0.3 is 5.32 Å². The highest BCUT2D eigenvalue weighted by molar-refractivity contribution is 6.31. The second kappa shape index (κ2) is 10.3. The number of halogens is 2. The summed E-state index contributed by atoms with van der Waals surface area (Å²) in [7, 11) is 0. The van der Waals surface area contributed by atoms with Gasteiger partial charge in [0.2, 0.25) is 0 Å². The second-order valence-corrected chi connectivity index (χ2v) is 8.17. The summed E-state index contributed by atoms with van der Waals surface area (Å²) in [5.41, 5.74) is 6.77. The van der Waals surface area contributed by atoms with E-state index in [0.29, 0.717) is 10.0 Å². The molecule has 0 saturated carbocycles. The fourth-order valence-electron chi connectivity index (χ4n) is 3.39. The van der Waals surface area contributed by atoms with Crippen LogP contribution in [0.3, 0.4) is 0 Å². The molecule has 0 radical (unpaired) electrons. The van der Waals surface area contributed by atoms with Crippen LogP contribution >= 0.6 is 23.2 Å². The van der Waals surface area contributed by atoms with Gasteiger partial charge in [0.05, 0.1) is 17.1 Å². The maximum Gasteiger partial charge on any atom is 0.0759 e. The average molecular weight is 457 g/mol. The van der Waals surface area contributed by atoms with Crippen LogP contribution < -0.4 is 5.32 Å². The van der Waals surface area contributed by atoms with Gasteiger partial charge in [0, 0.05) is 21.3 Å². The van der Waals surface area contributed by atoms with E-state index in [9.17, 15) is 0 Å². The van der Waals surface area contributed by atoms with Crippen LogP contribution in [0.25, 0.3) is 5.70 Å². The molecule has 0 aromatic heterocycles. The molecule has 0 aliphatic rings. The molecule has 0 bridgehead atoms. The molecule has 4 aromatic carbocycles. The Labute approximate surface area is 198 Å². The van der Waals surface area contributed by atoms with Crippen molar-refractivity contribution in [3.05, 3.63) is 136 Å². The third-order valence-corrected chi connectivity index (χ3v) is 5.52. The van der Waals surface area contributed by atoms with Crippen molar-refractivity contribution >= 4 is 46.0 Å². The Morgan fingerprint density at radius 1 is 0.625 bits per heavy atom. The number of hydrogen-bond donors (Lipinski definition) is 1. The van der Waals surface area contributed by atoms with Gasteiger partial charge in [-0.25, -0.2) is 4.99 Å². The van der Waals surface area contributed by atoms with E-state index in [-0.39, 0.29) is 0 Å². The molecule has 0 atom stereocenters. The van der Waals surface area contributed by atoms with E-state index >= 15 is 0 Å². The van der Waals surface area contributed by atoms with E-state index in [4.69, 9.17) is 28.2 Å². The maximum atomic E-state index is 6.09. The molecule has 0 spiro atoms. The number of hydrogen-bond acceptors (Lipinski definition) is 2. The first kappa shape index (κ1) is 21.9. The molecule has 4 rings (SSSR count). The molecule has 0 saturated heterocycles. The standard InChI is InChI=1S/C28H22Cl2N2/c1-20(27(21-8-4-2-5-9-21)31-25-16-12-23(29)13-17-25)28(22-10-6-3-7-11-22)32-26-18-14-24(30)15-19-26/h2-19,31H,1H3/b27-20-,32-28?. The van der Waals surface area contributed by atoms with Crippen LogP contribution in [-0.4, -0.2) is 5.71 Å². The van der Waals surface area contributed by atoms with Gasteiger partial charge in [-0.05, 0) is 66.6 Å². The normalized spacial score (nSPS) is 12.3. The monoisotopic (exact) mass is 456 g/mol. The summed E-state index contributed by atoms with van der Waals surface area (Å²) in [4.78, 5) is 5.01. The number of allylic oxidation sites excluding steroid dienone is 1. The number of nitrogens with one attached hydrogen (secondary N) is 1. The summed E-state index contributed by atoms with van der Waals surface area (Å²) in [5, 5.41) is 4.97. The number of anilines is 1. The highest BCUT2D eigenvalue weighted by Gasteiger charge is 2.14. The Morgan fingerprint density at radius 2 is 1.12 bits per heavy atom. The molecular weight excluding hydrogens is 435 g/mol. The Kier molecular flexibility index (Phi) is 7.06. The Morgan fingerprint density at radius 3 is 1.69 bits per heavy atom. The largest absolute Gasteiger partial charge is 0.355 e. The zero-order chi connectivity index (χ0) is 22.3. The maximum absolute atomic E-state index is 6.09. The van der Waals surface area contributed by atoms with Crippen LogP contribution in [0.2, 0.25) is 10.0 Å². The Balaban J connectivity index is 1.88. The van der Waals surface area contributed by atoms with Gasteiger partial charge in [-0.3, -0.25) is 0 Å². The average Bonchev–Trinajstić information content (AvgIpc) is 2.84. The van der Waals surface area contributed by atoms with Crippen molar-refractivity contribution in [2.75, 3.05) is 5.32 Å². The predicted molar refractivity (Wildman–Crippen MR) is 138 cm³/mol. The summed E-state index contributed by atoms with van der Waals surface area (Å²) in [6.45, 7) is 2.09. The topological polar surface area (TPSA) is 24.4 Å². The van der Waals surface area contributed by atoms with Crippen molar-refractivity contribution in [1.82, 2.24) is 0 Å². The second-order valence-electron chi connectivity index (χ2n) is 7.30. The number of benzene rings is 4. The zero-order valence-electron chi connectivity index (χ0n) is 17.6. The van der Waals surface area contributed by atoms with Crippen LogP contribution in [0.4, 0.5) is 11.4 Å². The summed E-state index contributed by atoms with van der Waals surface area (Å²) < 4.78 is 0. The number of nitrogens with zero attached hydrogens (tertiary/aromatic N) is 1. The quantitative estimate of drug-likeness (QED) is 0.288. The fraction of sp³-hybridized carbons (Fsp3) is 0.0357. The molecule has 0 amide bonds. The third kappa shape index (κ3) is 5.47. The first-order valence-electron chi connectivity index (χ1n) is 10.3. The first-order valence-corrected chi connectivity index (χ1v) is 11.0. The zero-order valence-corrected chi connectivity index (χ0v) is 19.1. The van der Waals surface area contributed by atoms with E-state index in [0.717, 1.165) is 39.5 Å². The lowest BCUT2D eigenvalue weighted by molar-refractivity contribution is 1.42. The molecular formula is C28H22Cl2N2. The van der Waals surface area contributed by atoms with Crippen molar-refractivity contribution in [2.24, 2.45) is 4.99 Å². The van der Waals surface area contributed by atoms with Crippen molar-refractivity contribution in [2.45, 2.75) is 6.92 Å². The number of aliphatic imine (C=N–C) groups is 1. The van der Waals surface area contributed by atoms with Gasteiger partial charge >= 0.3 is 0 Å². The molecule has 0 fully saturated rings. The van der Waals surface area contributed by atoms with E-state index < -0.39 is 0 Å². The highest BCUT2D eigenvalue weighted by atomic mass is 35.5. The molecule has 0 aliphatic carbocycles. The molecule has 158 valence electrons. The summed E-state index contributed by atoms with van der Waals surface area (Å²) in [5.74, 6) is 0. The third-order valence-electron chi connectivity index (χ3n) is 5.02. The van der Waals surface area contributed by atoms with Crippen LogP contribution in [0.15, 0.2) is 120 Å². The molecule has 0 heterocycles. The van der Waals surface area contributed by atoms with E-state index in [1.54, 1.807) is 0 Å². The van der Waals surface area contributed by atoms with Gasteiger partial charge in [-0.2, -0.15) is 0 Å². The highest BCUT2D eigenvalue weighted by Crippen LogP contribution is 2.27. The molecule has 1 N–H and O–H groups in total. The SMILES string of the molecule is C/C(C(=Nc1ccc(Cl)cc1)c1ccccc1)=C(/Nc1ccc(Cl)cc1)c1ccccc1. The Hall–Kier alpha value is -3.33. The lowest BCUT2D eigenvalue weighted by Crippen LogP contribution is -2.10. The first-order chi connectivity index (χ1) is 15.6. The van der Waals surface area contributed by atoms with Gasteiger partial charge in [-0.15, -0.1) is 0 Å². The van der Waals surface area contributed by atoms with Gasteiger partial charge in [-0.1, -0.05) is 83.9 Å². The summed E-state index contributed by atoms with van der Waals surface area (Å²) in [6, 6.07) is 35.7. The van der Waals surface area contributed by atoms with Gasteiger partial charge in [0.1, 0.15) is 0 Å². The predicted octanol–water partition coefficient (Wildman–Crippen LogP) is 8.66. The molecule has 4 heteroatoms. The van der Waals surface area contributed by atoms with Gasteiger partial charge in [0.15, 0.2) is 0 Å². The Bertz CT molecular complexity index is 1230. The minimum Gasteiger partial charge on any atom is -0.355 e. The van der Waals surface area contributed by atoms with Crippen molar-refractivity contribution < 1.29 is 0 Å². The van der Waals surface area contributed by atoms with Crippen molar-refractivity contribution in [3.8, 4) is 0 Å². The molecule has 0 aliphatic heterocycles. The van der Waals surface area contributed by atoms with Crippen LogP contribution in [0, 0.1) is 0 Å².